The lowest BCUT2D eigenvalue weighted by molar-refractivity contribution is 0.0297. The molecule has 0 radical (unpaired) electrons. The average molecular weight is 223 g/mol. The number of rotatable bonds is 6. The number of carbonyl (C=O) groups excluding carboxylic acids is 1. The third-order valence-corrected chi connectivity index (χ3v) is 3.42. The fraction of sp³-hybridized carbons (Fsp3) is 0.857. The van der Waals surface area contributed by atoms with Gasteiger partial charge in [0, 0.05) is 27.9 Å². The van der Waals surface area contributed by atoms with Gasteiger partial charge in [0.25, 0.3) is 0 Å². The maximum atomic E-state index is 11.2. The zero-order chi connectivity index (χ0) is 11.0. The third-order valence-electron chi connectivity index (χ3n) is 1.49. The average Bonchev–Trinajstić information content (AvgIpc) is 2.23. The molecule has 84 valence electrons. The second-order valence-corrected chi connectivity index (χ2v) is 4.86. The Hall–Kier alpha value is -0.633. The minimum absolute atomic E-state index is 0.542. The van der Waals surface area contributed by atoms with E-state index in [4.69, 9.17) is 17.7 Å². The molecule has 0 aromatic carbocycles. The lowest BCUT2D eigenvalue weighted by Gasteiger charge is -2.22. The van der Waals surface area contributed by atoms with Crippen LogP contribution in [0.5, 0.6) is 0 Å². The molecule has 0 spiro atoms. The van der Waals surface area contributed by atoms with Gasteiger partial charge in [0.1, 0.15) is 0 Å². The van der Waals surface area contributed by atoms with Gasteiger partial charge in [-0.3, -0.25) is 0 Å². The van der Waals surface area contributed by atoms with Crippen molar-refractivity contribution >= 4 is 15.1 Å². The number of carbonyl (C=O) groups is 1. The molecule has 0 unspecified atom stereocenters. The van der Waals surface area contributed by atoms with Crippen LogP contribution in [0.3, 0.4) is 0 Å². The van der Waals surface area contributed by atoms with E-state index < -0.39 is 15.1 Å². The van der Waals surface area contributed by atoms with Crippen LogP contribution in [0.25, 0.3) is 0 Å². The van der Waals surface area contributed by atoms with E-state index >= 15 is 0 Å². The molecule has 0 aliphatic carbocycles. The second kappa shape index (κ2) is 6.77. The standard InChI is InChI=1S/C7H17NO5Si/c1-5-6-8-7(9)13-14(10-2,11-3)12-4/h5-6H2,1-4H3,(H,8,9). The van der Waals surface area contributed by atoms with Crippen LogP contribution in [0.15, 0.2) is 0 Å². The van der Waals surface area contributed by atoms with Crippen molar-refractivity contribution in [2.24, 2.45) is 0 Å². The van der Waals surface area contributed by atoms with Gasteiger partial charge < -0.3 is 23.0 Å². The minimum atomic E-state index is -3.24. The van der Waals surface area contributed by atoms with E-state index in [1.165, 1.54) is 21.3 Å². The predicted octanol–water partition coefficient (Wildman–Crippen LogP) is 0.497. The Morgan fingerprint density at radius 3 is 2.07 bits per heavy atom. The first-order chi connectivity index (χ1) is 6.64. The Morgan fingerprint density at radius 2 is 1.71 bits per heavy atom. The summed E-state index contributed by atoms with van der Waals surface area (Å²) in [5.74, 6) is 0. The molecular formula is C7H17NO5Si. The van der Waals surface area contributed by atoms with Gasteiger partial charge in [-0.2, -0.15) is 0 Å². The van der Waals surface area contributed by atoms with Crippen molar-refractivity contribution in [3.63, 3.8) is 0 Å². The van der Waals surface area contributed by atoms with Crippen molar-refractivity contribution in [1.82, 2.24) is 5.32 Å². The van der Waals surface area contributed by atoms with E-state index in [0.717, 1.165) is 6.42 Å². The highest BCUT2D eigenvalue weighted by Crippen LogP contribution is 2.07. The Labute approximate surface area is 85.0 Å². The monoisotopic (exact) mass is 223 g/mol. The molecular weight excluding hydrogens is 206 g/mol. The Bertz CT molecular complexity index is 165. The van der Waals surface area contributed by atoms with Crippen molar-refractivity contribution in [2.75, 3.05) is 27.9 Å². The normalized spacial score (nSPS) is 11.1. The first-order valence-corrected chi connectivity index (χ1v) is 5.89. The Morgan fingerprint density at radius 1 is 1.21 bits per heavy atom. The van der Waals surface area contributed by atoms with E-state index in [9.17, 15) is 4.79 Å². The van der Waals surface area contributed by atoms with Crippen LogP contribution in [-0.4, -0.2) is 43.0 Å². The molecule has 0 fully saturated rings. The predicted molar refractivity (Wildman–Crippen MR) is 51.6 cm³/mol. The van der Waals surface area contributed by atoms with Crippen LogP contribution in [0.1, 0.15) is 13.3 Å². The number of amides is 1. The van der Waals surface area contributed by atoms with Gasteiger partial charge in [-0.25, -0.2) is 4.79 Å². The van der Waals surface area contributed by atoms with Gasteiger partial charge in [0.15, 0.2) is 0 Å². The van der Waals surface area contributed by atoms with Crippen molar-refractivity contribution in [1.29, 1.82) is 0 Å². The van der Waals surface area contributed by atoms with Crippen LogP contribution in [0.2, 0.25) is 0 Å². The summed E-state index contributed by atoms with van der Waals surface area (Å²) in [7, 11) is 0.860. The molecule has 7 heteroatoms. The van der Waals surface area contributed by atoms with E-state index in [1.807, 2.05) is 6.92 Å². The topological polar surface area (TPSA) is 66.0 Å². The van der Waals surface area contributed by atoms with E-state index in [2.05, 4.69) is 5.32 Å². The Kier molecular flexibility index (Phi) is 6.46. The van der Waals surface area contributed by atoms with Crippen LogP contribution in [0, 0.1) is 0 Å². The number of nitrogens with one attached hydrogen (secondary N) is 1. The van der Waals surface area contributed by atoms with Gasteiger partial charge in [-0.1, -0.05) is 6.92 Å². The molecule has 0 aromatic rings. The largest absolute Gasteiger partial charge is 0.752 e. The lowest BCUT2D eigenvalue weighted by Crippen LogP contribution is -2.50. The quantitative estimate of drug-likeness (QED) is 0.664. The highest BCUT2D eigenvalue weighted by Gasteiger charge is 2.46. The molecule has 6 nitrogen and oxygen atoms in total. The first-order valence-electron chi connectivity index (χ1n) is 4.26. The summed E-state index contributed by atoms with van der Waals surface area (Å²) < 4.78 is 19.6. The van der Waals surface area contributed by atoms with Gasteiger partial charge in [-0.05, 0) is 6.42 Å². The molecule has 0 heterocycles. The summed E-state index contributed by atoms with van der Waals surface area (Å²) in [6, 6.07) is 0. The van der Waals surface area contributed by atoms with Crippen LogP contribution in [0.4, 0.5) is 4.79 Å². The smallest absolute Gasteiger partial charge is 0.435 e. The molecule has 0 aromatic heterocycles. The van der Waals surface area contributed by atoms with E-state index in [0.29, 0.717) is 6.54 Å². The molecule has 0 saturated heterocycles. The van der Waals surface area contributed by atoms with Gasteiger partial charge in [0.2, 0.25) is 0 Å². The van der Waals surface area contributed by atoms with Crippen molar-refractivity contribution in [2.45, 2.75) is 13.3 Å². The summed E-state index contributed by atoms with van der Waals surface area (Å²) in [5.41, 5.74) is 0. The van der Waals surface area contributed by atoms with E-state index in [1.54, 1.807) is 0 Å². The van der Waals surface area contributed by atoms with Gasteiger partial charge in [-0.15, -0.1) is 0 Å². The van der Waals surface area contributed by atoms with E-state index in [-0.39, 0.29) is 0 Å². The van der Waals surface area contributed by atoms with Crippen LogP contribution >= 0.6 is 0 Å². The zero-order valence-electron chi connectivity index (χ0n) is 8.96. The summed E-state index contributed by atoms with van der Waals surface area (Å²) in [6.07, 6.45) is 0.237. The maximum Gasteiger partial charge on any atom is 0.752 e. The highest BCUT2D eigenvalue weighted by atomic mass is 28.4. The molecule has 1 amide bonds. The molecule has 0 aliphatic heterocycles. The summed E-state index contributed by atoms with van der Waals surface area (Å²) in [4.78, 5) is 11.2. The molecule has 0 saturated carbocycles. The number of hydrogen-bond acceptors (Lipinski definition) is 5. The lowest BCUT2D eigenvalue weighted by atomic mass is 10.5. The second-order valence-electron chi connectivity index (χ2n) is 2.43. The summed E-state index contributed by atoms with van der Waals surface area (Å²) >= 11 is 0. The number of hydrogen-bond donors (Lipinski definition) is 1. The molecule has 0 atom stereocenters. The molecule has 14 heavy (non-hydrogen) atoms. The summed E-state index contributed by atoms with van der Waals surface area (Å²) in [5, 5.41) is 2.52. The van der Waals surface area contributed by atoms with Gasteiger partial charge in [0.05, 0.1) is 0 Å². The molecule has 1 N–H and O–H groups in total. The molecule has 0 rings (SSSR count). The first kappa shape index (κ1) is 13.4. The minimum Gasteiger partial charge on any atom is -0.435 e. The molecule has 0 bridgehead atoms. The van der Waals surface area contributed by atoms with Crippen LogP contribution in [-0.2, 0) is 17.7 Å². The fourth-order valence-electron chi connectivity index (χ4n) is 0.752. The van der Waals surface area contributed by atoms with Crippen molar-refractivity contribution < 1.29 is 22.5 Å². The fourth-order valence-corrected chi connectivity index (χ4v) is 1.80. The maximum absolute atomic E-state index is 11.2. The SMILES string of the molecule is CCCNC(=O)O[Si](OC)(OC)OC. The third kappa shape index (κ3) is 4.05. The highest BCUT2D eigenvalue weighted by molar-refractivity contribution is 6.55. The summed E-state index contributed by atoms with van der Waals surface area (Å²) in [6.45, 7) is 2.48. The van der Waals surface area contributed by atoms with Crippen LogP contribution < -0.4 is 5.32 Å². The van der Waals surface area contributed by atoms with Gasteiger partial charge >= 0.3 is 15.1 Å². The zero-order valence-corrected chi connectivity index (χ0v) is 9.96. The van der Waals surface area contributed by atoms with Crippen molar-refractivity contribution in [3.8, 4) is 0 Å². The van der Waals surface area contributed by atoms with Crippen molar-refractivity contribution in [3.05, 3.63) is 0 Å². The molecule has 0 aliphatic rings. The Balaban J connectivity index is 4.08.